The maximum absolute atomic E-state index is 10.2. The highest BCUT2D eigenvalue weighted by Gasteiger charge is 1.96. The molecule has 0 aliphatic rings. The van der Waals surface area contributed by atoms with Gasteiger partial charge >= 0.3 is 0 Å². The molecule has 1 atom stereocenters. The molecular formula is C4H4O2S2. The van der Waals surface area contributed by atoms with Crippen LogP contribution in [0.4, 0.5) is 0 Å². The predicted molar refractivity (Wildman–Crippen MR) is 33.4 cm³/mol. The Bertz CT molecular complexity index is 180. The van der Waals surface area contributed by atoms with Crippen molar-refractivity contribution in [3.05, 3.63) is 17.5 Å². The zero-order chi connectivity index (χ0) is 5.98. The first kappa shape index (κ1) is 5.94. The Kier molecular flexibility index (Phi) is 1.77. The Balaban J connectivity index is 2.93. The second kappa shape index (κ2) is 2.39. The number of thiophene rings is 1. The van der Waals surface area contributed by atoms with Gasteiger partial charge in [0.25, 0.3) is 0 Å². The van der Waals surface area contributed by atoms with Crippen molar-refractivity contribution in [2.24, 2.45) is 0 Å². The Morgan fingerprint density at radius 1 is 1.75 bits per heavy atom. The quantitative estimate of drug-likeness (QED) is 0.610. The van der Waals surface area contributed by atoms with Crippen LogP contribution in [0.3, 0.4) is 0 Å². The van der Waals surface area contributed by atoms with E-state index in [1.165, 1.54) is 11.3 Å². The molecule has 0 bridgehead atoms. The van der Waals surface area contributed by atoms with Gasteiger partial charge in [0.05, 0.1) is 0 Å². The molecule has 4 heteroatoms. The second-order valence-corrected chi connectivity index (χ2v) is 3.33. The molecule has 1 unspecified atom stereocenters. The van der Waals surface area contributed by atoms with Crippen molar-refractivity contribution < 1.29 is 8.76 Å². The lowest BCUT2D eigenvalue weighted by Crippen LogP contribution is -1.79. The smallest absolute Gasteiger partial charge is 0.196 e. The van der Waals surface area contributed by atoms with E-state index in [1.807, 2.05) is 0 Å². The molecule has 0 aliphatic heterocycles. The fourth-order valence-electron chi connectivity index (χ4n) is 0.363. The van der Waals surface area contributed by atoms with Crippen LogP contribution in [0.5, 0.6) is 0 Å². The lowest BCUT2D eigenvalue weighted by Gasteiger charge is -1.79. The molecule has 0 saturated carbocycles. The highest BCUT2D eigenvalue weighted by atomic mass is 32.2. The van der Waals surface area contributed by atoms with Crippen LogP contribution >= 0.6 is 11.3 Å². The van der Waals surface area contributed by atoms with Crippen molar-refractivity contribution in [1.29, 1.82) is 0 Å². The van der Waals surface area contributed by atoms with Gasteiger partial charge in [-0.2, -0.15) is 0 Å². The van der Waals surface area contributed by atoms with Gasteiger partial charge in [0.1, 0.15) is 4.21 Å². The topological polar surface area (TPSA) is 37.3 Å². The monoisotopic (exact) mass is 148 g/mol. The van der Waals surface area contributed by atoms with Gasteiger partial charge in [-0.15, -0.1) is 11.3 Å². The number of hydrogen-bond donors (Lipinski definition) is 1. The standard InChI is InChI=1S/C4H4O2S2/c5-8(6)4-2-1-3-7-4/h1-3H,(H,5,6). The van der Waals surface area contributed by atoms with E-state index in [9.17, 15) is 4.21 Å². The van der Waals surface area contributed by atoms with Gasteiger partial charge in [0.2, 0.25) is 0 Å². The van der Waals surface area contributed by atoms with Gasteiger partial charge in [-0.1, -0.05) is 6.07 Å². The normalized spacial score (nSPS) is 13.6. The van der Waals surface area contributed by atoms with Crippen LogP contribution in [-0.2, 0) is 11.1 Å². The molecule has 1 aromatic heterocycles. The Morgan fingerprint density at radius 3 is 2.75 bits per heavy atom. The fraction of sp³-hybridized carbons (Fsp3) is 0. The van der Waals surface area contributed by atoms with Crippen LogP contribution in [0, 0.1) is 0 Å². The lowest BCUT2D eigenvalue weighted by atomic mass is 10.7. The summed E-state index contributed by atoms with van der Waals surface area (Å²) in [6.07, 6.45) is 0. The summed E-state index contributed by atoms with van der Waals surface area (Å²) in [6, 6.07) is 3.37. The first-order valence-corrected chi connectivity index (χ1v) is 3.93. The van der Waals surface area contributed by atoms with Crippen molar-refractivity contribution in [2.75, 3.05) is 0 Å². The van der Waals surface area contributed by atoms with Crippen LogP contribution in [0.1, 0.15) is 0 Å². The molecule has 0 aromatic carbocycles. The molecule has 0 fully saturated rings. The first-order chi connectivity index (χ1) is 3.80. The minimum Gasteiger partial charge on any atom is -0.302 e. The number of rotatable bonds is 1. The highest BCUT2D eigenvalue weighted by molar-refractivity contribution is 7.81. The van der Waals surface area contributed by atoms with Crippen LogP contribution in [0.2, 0.25) is 0 Å². The zero-order valence-corrected chi connectivity index (χ0v) is 5.54. The van der Waals surface area contributed by atoms with E-state index in [0.717, 1.165) is 0 Å². The molecule has 0 radical (unpaired) electrons. The molecule has 0 amide bonds. The van der Waals surface area contributed by atoms with E-state index < -0.39 is 11.1 Å². The average Bonchev–Trinajstić information content (AvgIpc) is 2.12. The summed E-state index contributed by atoms with van der Waals surface area (Å²) >= 11 is -0.498. The maximum Gasteiger partial charge on any atom is 0.196 e. The van der Waals surface area contributed by atoms with Gasteiger partial charge in [0, 0.05) is 0 Å². The summed E-state index contributed by atoms with van der Waals surface area (Å²) in [6.45, 7) is 0. The minimum absolute atomic E-state index is 0.505. The molecule has 1 heterocycles. The molecule has 1 aromatic rings. The molecular weight excluding hydrogens is 144 g/mol. The molecule has 2 nitrogen and oxygen atoms in total. The predicted octanol–water partition coefficient (Wildman–Crippen LogP) is 1.33. The largest absolute Gasteiger partial charge is 0.302 e. The van der Waals surface area contributed by atoms with E-state index in [1.54, 1.807) is 17.5 Å². The second-order valence-electron chi connectivity index (χ2n) is 1.18. The Morgan fingerprint density at radius 2 is 2.50 bits per heavy atom. The molecule has 44 valence electrons. The fourth-order valence-corrected chi connectivity index (χ4v) is 1.50. The SMILES string of the molecule is O=S(O)c1cccs1. The van der Waals surface area contributed by atoms with Crippen molar-refractivity contribution in [1.82, 2.24) is 0 Å². The minimum atomic E-state index is -1.78. The van der Waals surface area contributed by atoms with Crippen LogP contribution < -0.4 is 0 Å². The van der Waals surface area contributed by atoms with Crippen molar-refractivity contribution in [3.8, 4) is 0 Å². The summed E-state index contributed by atoms with van der Waals surface area (Å²) in [5.74, 6) is 0. The van der Waals surface area contributed by atoms with Crippen LogP contribution in [0.15, 0.2) is 21.7 Å². The first-order valence-electron chi connectivity index (χ1n) is 1.95. The zero-order valence-electron chi connectivity index (χ0n) is 3.90. The van der Waals surface area contributed by atoms with Crippen molar-refractivity contribution in [2.45, 2.75) is 4.21 Å². The van der Waals surface area contributed by atoms with E-state index in [-0.39, 0.29) is 0 Å². The molecule has 0 saturated heterocycles. The number of hydrogen-bond acceptors (Lipinski definition) is 2. The summed E-state index contributed by atoms with van der Waals surface area (Å²) in [5, 5.41) is 1.77. The van der Waals surface area contributed by atoms with Gasteiger partial charge in [-0.05, 0) is 11.4 Å². The third-order valence-electron chi connectivity index (χ3n) is 0.667. The van der Waals surface area contributed by atoms with Gasteiger partial charge in [0.15, 0.2) is 11.1 Å². The van der Waals surface area contributed by atoms with Gasteiger partial charge < -0.3 is 4.55 Å². The van der Waals surface area contributed by atoms with Crippen LogP contribution in [-0.4, -0.2) is 8.76 Å². The summed E-state index contributed by atoms with van der Waals surface area (Å²) in [4.78, 5) is 0. The van der Waals surface area contributed by atoms with Crippen LogP contribution in [0.25, 0.3) is 0 Å². The van der Waals surface area contributed by atoms with Gasteiger partial charge in [-0.25, -0.2) is 4.21 Å². The van der Waals surface area contributed by atoms with Crippen molar-refractivity contribution in [3.63, 3.8) is 0 Å². The Labute approximate surface area is 53.4 Å². The molecule has 8 heavy (non-hydrogen) atoms. The third-order valence-corrected chi connectivity index (χ3v) is 2.53. The summed E-state index contributed by atoms with van der Waals surface area (Å²) in [7, 11) is 0. The average molecular weight is 148 g/mol. The molecule has 0 spiro atoms. The summed E-state index contributed by atoms with van der Waals surface area (Å²) < 4.78 is 19.1. The molecule has 0 aliphatic carbocycles. The Hall–Kier alpha value is -0.190. The third kappa shape index (κ3) is 1.15. The van der Waals surface area contributed by atoms with E-state index in [2.05, 4.69) is 0 Å². The van der Waals surface area contributed by atoms with E-state index in [0.29, 0.717) is 4.21 Å². The van der Waals surface area contributed by atoms with E-state index >= 15 is 0 Å². The highest BCUT2D eigenvalue weighted by Crippen LogP contribution is 2.10. The summed E-state index contributed by atoms with van der Waals surface area (Å²) in [5.41, 5.74) is 0. The van der Waals surface area contributed by atoms with E-state index in [4.69, 9.17) is 4.55 Å². The molecule has 1 rings (SSSR count). The molecule has 1 N–H and O–H groups in total. The maximum atomic E-state index is 10.2. The lowest BCUT2D eigenvalue weighted by molar-refractivity contribution is 0.566. The van der Waals surface area contributed by atoms with Crippen molar-refractivity contribution >= 4 is 22.4 Å². The van der Waals surface area contributed by atoms with Gasteiger partial charge in [-0.3, -0.25) is 0 Å².